The number of hydrogen-bond acceptors (Lipinski definition) is 4. The lowest BCUT2D eigenvalue weighted by Crippen LogP contribution is -2.35. The molecule has 0 aliphatic carbocycles. The zero-order chi connectivity index (χ0) is 19.0. The van der Waals surface area contributed by atoms with Gasteiger partial charge in [-0.1, -0.05) is 23.7 Å². The van der Waals surface area contributed by atoms with E-state index in [1.165, 1.54) is 24.3 Å². The summed E-state index contributed by atoms with van der Waals surface area (Å²) in [7, 11) is 0. The number of nitrogens with zero attached hydrogens (tertiary/aromatic N) is 1. The molecule has 0 aromatic heterocycles. The zero-order valence-electron chi connectivity index (χ0n) is 13.2. The van der Waals surface area contributed by atoms with E-state index in [1.807, 2.05) is 0 Å². The van der Waals surface area contributed by atoms with Crippen LogP contribution in [0.15, 0.2) is 42.5 Å². The van der Waals surface area contributed by atoms with E-state index in [0.29, 0.717) is 10.6 Å². The number of carboxylic acid groups (broad SMARTS) is 2. The molecule has 1 aliphatic rings. The fourth-order valence-electron chi connectivity index (χ4n) is 2.88. The third-order valence-corrected chi connectivity index (χ3v) is 4.35. The van der Waals surface area contributed by atoms with Gasteiger partial charge in [0.05, 0.1) is 29.2 Å². The van der Waals surface area contributed by atoms with Crippen LogP contribution in [0.2, 0.25) is 5.02 Å². The van der Waals surface area contributed by atoms with E-state index >= 15 is 0 Å². The van der Waals surface area contributed by atoms with Crippen molar-refractivity contribution in [2.45, 2.75) is 12.5 Å². The van der Waals surface area contributed by atoms with Gasteiger partial charge in [-0.25, -0.2) is 4.79 Å². The molecule has 2 amide bonds. The molecule has 8 heteroatoms. The molecule has 2 aromatic rings. The molecule has 1 unspecified atom stereocenters. The minimum absolute atomic E-state index is 0.0457. The summed E-state index contributed by atoms with van der Waals surface area (Å²) in [5, 5.41) is 18.7. The summed E-state index contributed by atoms with van der Waals surface area (Å²) in [4.78, 5) is 48.7. The lowest BCUT2D eigenvalue weighted by Gasteiger charge is -2.25. The Morgan fingerprint density at radius 1 is 0.962 bits per heavy atom. The summed E-state index contributed by atoms with van der Waals surface area (Å²) >= 11 is 5.84. The fourth-order valence-corrected chi connectivity index (χ4v) is 3.01. The molecule has 0 bridgehead atoms. The van der Waals surface area contributed by atoms with Crippen molar-refractivity contribution in [3.05, 3.63) is 69.7 Å². The van der Waals surface area contributed by atoms with Gasteiger partial charge in [0, 0.05) is 5.02 Å². The van der Waals surface area contributed by atoms with Gasteiger partial charge in [-0.05, 0) is 35.9 Å². The third-order valence-electron chi connectivity index (χ3n) is 4.10. The van der Waals surface area contributed by atoms with Gasteiger partial charge < -0.3 is 10.2 Å². The second-order valence-electron chi connectivity index (χ2n) is 5.71. The van der Waals surface area contributed by atoms with Gasteiger partial charge in [-0.3, -0.25) is 19.3 Å². The molecule has 2 aromatic carbocycles. The van der Waals surface area contributed by atoms with Crippen LogP contribution >= 0.6 is 11.6 Å². The maximum atomic E-state index is 12.7. The highest BCUT2D eigenvalue weighted by Crippen LogP contribution is 2.34. The SMILES string of the molecule is O=C(O)CC(c1ccc(Cl)cc1)N1C(=O)c2ccc(C(=O)O)cc2C1=O. The van der Waals surface area contributed by atoms with Crippen molar-refractivity contribution in [3.63, 3.8) is 0 Å². The van der Waals surface area contributed by atoms with Crippen LogP contribution in [0, 0.1) is 0 Å². The van der Waals surface area contributed by atoms with Crippen LogP contribution in [0.5, 0.6) is 0 Å². The molecule has 0 spiro atoms. The van der Waals surface area contributed by atoms with Gasteiger partial charge in [-0.15, -0.1) is 0 Å². The Kier molecular flexibility index (Phi) is 4.48. The first-order chi connectivity index (χ1) is 12.3. The molecule has 2 N–H and O–H groups in total. The van der Waals surface area contributed by atoms with E-state index in [2.05, 4.69) is 0 Å². The lowest BCUT2D eigenvalue weighted by molar-refractivity contribution is -0.138. The molecule has 132 valence electrons. The highest BCUT2D eigenvalue weighted by molar-refractivity contribution is 6.30. The van der Waals surface area contributed by atoms with Gasteiger partial charge in [-0.2, -0.15) is 0 Å². The van der Waals surface area contributed by atoms with Crippen LogP contribution in [0.25, 0.3) is 0 Å². The molecule has 1 heterocycles. The first-order valence-electron chi connectivity index (χ1n) is 7.52. The number of benzene rings is 2. The number of amides is 2. The Labute approximate surface area is 152 Å². The van der Waals surface area contributed by atoms with Crippen molar-refractivity contribution >= 4 is 35.4 Å². The van der Waals surface area contributed by atoms with Gasteiger partial charge in [0.2, 0.25) is 0 Å². The quantitative estimate of drug-likeness (QED) is 0.779. The summed E-state index contributed by atoms with van der Waals surface area (Å²) in [5.41, 5.74) is 0.293. The molecule has 0 fully saturated rings. The van der Waals surface area contributed by atoms with Crippen LogP contribution in [0.1, 0.15) is 49.1 Å². The van der Waals surface area contributed by atoms with Crippen LogP contribution in [0.3, 0.4) is 0 Å². The number of aliphatic carboxylic acids is 1. The Bertz CT molecular complexity index is 937. The monoisotopic (exact) mass is 373 g/mol. The summed E-state index contributed by atoms with van der Waals surface area (Å²) < 4.78 is 0. The summed E-state index contributed by atoms with van der Waals surface area (Å²) in [6.07, 6.45) is -0.487. The van der Waals surface area contributed by atoms with Crippen LogP contribution < -0.4 is 0 Å². The molecule has 1 atom stereocenters. The summed E-state index contributed by atoms with van der Waals surface area (Å²) in [6.45, 7) is 0. The summed E-state index contributed by atoms with van der Waals surface area (Å²) in [5.74, 6) is -3.81. The van der Waals surface area contributed by atoms with E-state index in [4.69, 9.17) is 16.7 Å². The van der Waals surface area contributed by atoms with Gasteiger partial charge >= 0.3 is 11.9 Å². The maximum absolute atomic E-state index is 12.7. The standard InChI is InChI=1S/C18H12ClNO6/c19-11-4-1-9(2-5-11)14(8-15(21)22)20-16(23)12-6-3-10(18(25)26)7-13(12)17(20)24/h1-7,14H,8H2,(H,21,22)(H,25,26). The smallest absolute Gasteiger partial charge is 0.335 e. The number of carbonyl (C=O) groups is 4. The number of aromatic carboxylic acids is 1. The number of carbonyl (C=O) groups excluding carboxylic acids is 2. The van der Waals surface area contributed by atoms with Gasteiger partial charge in [0.15, 0.2) is 0 Å². The van der Waals surface area contributed by atoms with E-state index in [-0.39, 0.29) is 16.7 Å². The van der Waals surface area contributed by atoms with E-state index in [0.717, 1.165) is 11.0 Å². The predicted octanol–water partition coefficient (Wildman–Crippen LogP) is 2.85. The highest BCUT2D eigenvalue weighted by atomic mass is 35.5. The predicted molar refractivity (Wildman–Crippen MR) is 90.3 cm³/mol. The molecule has 0 saturated carbocycles. The fraction of sp³-hybridized carbons (Fsp3) is 0.111. The van der Waals surface area contributed by atoms with Gasteiger partial charge in [0.1, 0.15) is 0 Å². The second-order valence-corrected chi connectivity index (χ2v) is 6.15. The van der Waals surface area contributed by atoms with Crippen molar-refractivity contribution in [3.8, 4) is 0 Å². The molecule has 3 rings (SSSR count). The van der Waals surface area contributed by atoms with Crippen molar-refractivity contribution in [1.29, 1.82) is 0 Å². The number of imide groups is 1. The number of hydrogen-bond donors (Lipinski definition) is 2. The number of rotatable bonds is 5. The minimum Gasteiger partial charge on any atom is -0.481 e. The molecular weight excluding hydrogens is 362 g/mol. The lowest BCUT2D eigenvalue weighted by atomic mass is 10.0. The van der Waals surface area contributed by atoms with E-state index in [1.54, 1.807) is 12.1 Å². The second kappa shape index (κ2) is 6.61. The van der Waals surface area contributed by atoms with Crippen molar-refractivity contribution < 1.29 is 29.4 Å². The van der Waals surface area contributed by atoms with Gasteiger partial charge in [0.25, 0.3) is 11.8 Å². The third kappa shape index (κ3) is 3.04. The molecule has 1 aliphatic heterocycles. The maximum Gasteiger partial charge on any atom is 0.335 e. The average Bonchev–Trinajstić information content (AvgIpc) is 2.84. The van der Waals surface area contributed by atoms with Crippen molar-refractivity contribution in [2.24, 2.45) is 0 Å². The van der Waals surface area contributed by atoms with Crippen LogP contribution in [0.4, 0.5) is 0 Å². The van der Waals surface area contributed by atoms with Crippen molar-refractivity contribution in [1.82, 2.24) is 4.90 Å². The number of halogens is 1. The normalized spacial score (nSPS) is 14.3. The largest absolute Gasteiger partial charge is 0.481 e. The Morgan fingerprint density at radius 2 is 1.58 bits per heavy atom. The topological polar surface area (TPSA) is 112 Å². The molecule has 26 heavy (non-hydrogen) atoms. The Hall–Kier alpha value is -3.19. The van der Waals surface area contributed by atoms with Crippen LogP contribution in [-0.2, 0) is 4.79 Å². The summed E-state index contributed by atoms with van der Waals surface area (Å²) in [6, 6.07) is 8.73. The van der Waals surface area contributed by atoms with E-state index < -0.39 is 36.2 Å². The average molecular weight is 374 g/mol. The minimum atomic E-state index is -1.23. The van der Waals surface area contributed by atoms with Crippen LogP contribution in [-0.4, -0.2) is 38.9 Å². The zero-order valence-corrected chi connectivity index (χ0v) is 13.9. The molecule has 0 radical (unpaired) electrons. The Balaban J connectivity index is 2.06. The van der Waals surface area contributed by atoms with Crippen molar-refractivity contribution in [2.75, 3.05) is 0 Å². The van der Waals surface area contributed by atoms with E-state index in [9.17, 15) is 24.3 Å². The first kappa shape index (κ1) is 17.6. The molecule has 0 saturated heterocycles. The number of carboxylic acids is 2. The molecular formula is C18H12ClNO6. The molecule has 7 nitrogen and oxygen atoms in total. The number of fused-ring (bicyclic) bond motifs is 1. The Morgan fingerprint density at radius 3 is 2.15 bits per heavy atom. The first-order valence-corrected chi connectivity index (χ1v) is 7.90. The highest BCUT2D eigenvalue weighted by Gasteiger charge is 2.41.